The topological polar surface area (TPSA) is 143 Å². The zero-order valence-corrected chi connectivity index (χ0v) is 23.4. The van der Waals surface area contributed by atoms with Crippen molar-refractivity contribution in [3.05, 3.63) is 63.1 Å². The van der Waals surface area contributed by atoms with Gasteiger partial charge in [0, 0.05) is 57.2 Å². The van der Waals surface area contributed by atoms with E-state index < -0.39 is 40.5 Å². The molecule has 2 amide bonds. The number of likely N-dealkylation sites (tertiary alicyclic amines) is 1. The van der Waals surface area contributed by atoms with E-state index in [-0.39, 0.29) is 39.4 Å². The molecule has 2 aliphatic heterocycles. The Morgan fingerprint density at radius 2 is 1.88 bits per heavy atom. The molecule has 1 saturated heterocycles. The minimum Gasteiger partial charge on any atom is -0.502 e. The molecule has 0 unspecified atom stereocenters. The van der Waals surface area contributed by atoms with Gasteiger partial charge in [-0.1, -0.05) is 17.8 Å². The van der Waals surface area contributed by atoms with Gasteiger partial charge in [-0.25, -0.2) is 13.6 Å². The van der Waals surface area contributed by atoms with Gasteiger partial charge in [0.05, 0.1) is 17.7 Å². The van der Waals surface area contributed by atoms with Crippen LogP contribution in [0.3, 0.4) is 0 Å². The molecule has 0 atom stereocenters. The van der Waals surface area contributed by atoms with E-state index in [0.717, 1.165) is 18.9 Å². The average Bonchev–Trinajstić information content (AvgIpc) is 3.77. The van der Waals surface area contributed by atoms with Gasteiger partial charge in [0.25, 0.3) is 5.91 Å². The van der Waals surface area contributed by atoms with Crippen molar-refractivity contribution in [3.8, 4) is 5.75 Å². The van der Waals surface area contributed by atoms with Crippen LogP contribution in [0.1, 0.15) is 54.2 Å². The van der Waals surface area contributed by atoms with Gasteiger partial charge in [0.2, 0.25) is 5.43 Å². The molecule has 3 heterocycles. The molecule has 11 nitrogen and oxygen atoms in total. The van der Waals surface area contributed by atoms with Gasteiger partial charge in [-0.3, -0.25) is 30.1 Å². The van der Waals surface area contributed by atoms with Crippen molar-refractivity contribution in [2.24, 2.45) is 0 Å². The molecule has 0 radical (unpaired) electrons. The van der Waals surface area contributed by atoms with E-state index in [4.69, 9.17) is 15.6 Å². The number of carbonyl (C=O) groups is 2. The third-order valence-corrected chi connectivity index (χ3v) is 8.63. The Labute approximate surface area is 238 Å². The molecule has 0 bridgehead atoms. The fourth-order valence-corrected chi connectivity index (χ4v) is 6.49. The number of thioether (sulfide) groups is 1. The molecular formula is C27H30F2N6O5S. The third kappa shape index (κ3) is 4.94. The largest absolute Gasteiger partial charge is 0.502 e. The van der Waals surface area contributed by atoms with E-state index in [0.29, 0.717) is 50.3 Å². The van der Waals surface area contributed by atoms with Gasteiger partial charge in [-0.15, -0.1) is 0 Å². The number of nitrogens with one attached hydrogen (secondary N) is 2. The Bertz CT molecular complexity index is 1500. The number of hydrogen-bond acceptors (Lipinski definition) is 9. The van der Waals surface area contributed by atoms with Crippen molar-refractivity contribution in [3.63, 3.8) is 0 Å². The number of nitrogens with zero attached hydrogens (tertiary/aromatic N) is 4. The van der Waals surface area contributed by atoms with Crippen LogP contribution in [0, 0.1) is 22.5 Å². The van der Waals surface area contributed by atoms with Crippen molar-refractivity contribution < 1.29 is 28.2 Å². The van der Waals surface area contributed by atoms with E-state index in [1.807, 2.05) is 11.9 Å². The van der Waals surface area contributed by atoms with Crippen LogP contribution in [0.15, 0.2) is 29.2 Å². The van der Waals surface area contributed by atoms with Crippen LogP contribution >= 0.6 is 11.8 Å². The maximum absolute atomic E-state index is 14.1. The number of aromatic nitrogens is 1. The number of ether oxygens (including phenoxy) is 1. The summed E-state index contributed by atoms with van der Waals surface area (Å²) in [5.74, 6) is -2.90. The first-order valence-electron chi connectivity index (χ1n) is 13.2. The van der Waals surface area contributed by atoms with E-state index in [9.17, 15) is 28.3 Å². The SMILES string of the molecule is CCN1C(=O)c2c(O)c(=O)c(C(=N)SC(=N)Cc3ccc(F)cc3F)cn2N(C2CC2)C12CCN(C(=O)OC)CC2. The normalized spacial score (nSPS) is 18.0. The molecule has 14 heteroatoms. The molecule has 1 spiro atoms. The number of halogens is 2. The lowest BCUT2D eigenvalue weighted by atomic mass is 9.91. The van der Waals surface area contributed by atoms with Crippen LogP contribution < -0.4 is 10.4 Å². The number of benzene rings is 1. The third-order valence-electron chi connectivity index (χ3n) is 7.82. The number of methoxy groups -OCH3 is 1. The number of hydrogen-bond donors (Lipinski definition) is 3. The summed E-state index contributed by atoms with van der Waals surface area (Å²) in [5.41, 5.74) is -2.12. The Hall–Kier alpha value is -3.94. The van der Waals surface area contributed by atoms with Crippen LogP contribution in [-0.2, 0) is 11.2 Å². The Morgan fingerprint density at radius 1 is 1.20 bits per heavy atom. The number of pyridine rings is 1. The van der Waals surface area contributed by atoms with Gasteiger partial charge in [0.15, 0.2) is 11.4 Å². The number of rotatable bonds is 5. The molecule has 1 aliphatic carbocycles. The summed E-state index contributed by atoms with van der Waals surface area (Å²) >= 11 is 0.608. The van der Waals surface area contributed by atoms with Crippen molar-refractivity contribution >= 4 is 33.8 Å². The second kappa shape index (κ2) is 10.8. The van der Waals surface area contributed by atoms with Gasteiger partial charge in [-0.2, -0.15) is 0 Å². The smallest absolute Gasteiger partial charge is 0.409 e. The number of carbonyl (C=O) groups excluding carboxylic acids is 2. The molecule has 41 heavy (non-hydrogen) atoms. The number of aromatic hydroxyl groups is 1. The molecule has 2 aromatic rings. The molecular weight excluding hydrogens is 558 g/mol. The van der Waals surface area contributed by atoms with E-state index in [1.165, 1.54) is 24.0 Å². The van der Waals surface area contributed by atoms with Crippen LogP contribution in [0.25, 0.3) is 0 Å². The number of piperidine rings is 1. The molecule has 2 fully saturated rings. The highest BCUT2D eigenvalue weighted by Crippen LogP contribution is 2.44. The summed E-state index contributed by atoms with van der Waals surface area (Å²) in [4.78, 5) is 42.4. The first-order chi connectivity index (χ1) is 19.5. The Kier molecular flexibility index (Phi) is 7.53. The van der Waals surface area contributed by atoms with Gasteiger partial charge in [-0.05, 0) is 31.4 Å². The Balaban J connectivity index is 1.50. The minimum absolute atomic E-state index is 0.00286. The van der Waals surface area contributed by atoms with E-state index in [2.05, 4.69) is 0 Å². The quantitative estimate of drug-likeness (QED) is 0.360. The molecule has 1 aromatic carbocycles. The second-order valence-electron chi connectivity index (χ2n) is 10.2. The van der Waals surface area contributed by atoms with Gasteiger partial charge < -0.3 is 19.6 Å². The van der Waals surface area contributed by atoms with Crippen molar-refractivity contribution in [2.45, 2.75) is 50.7 Å². The van der Waals surface area contributed by atoms with Crippen molar-refractivity contribution in [1.82, 2.24) is 14.5 Å². The number of fused-ring (bicyclic) bond motifs is 1. The molecule has 3 N–H and O–H groups in total. The van der Waals surface area contributed by atoms with Crippen LogP contribution in [0.5, 0.6) is 5.75 Å². The summed E-state index contributed by atoms with van der Waals surface area (Å²) in [5, 5.41) is 29.3. The minimum atomic E-state index is -0.925. The number of amides is 2. The highest BCUT2D eigenvalue weighted by Gasteiger charge is 2.56. The van der Waals surface area contributed by atoms with Crippen molar-refractivity contribution in [2.75, 3.05) is 31.8 Å². The lowest BCUT2D eigenvalue weighted by Gasteiger charge is -2.58. The monoisotopic (exact) mass is 588 g/mol. The molecule has 218 valence electrons. The maximum atomic E-state index is 14.1. The van der Waals surface area contributed by atoms with Gasteiger partial charge >= 0.3 is 6.09 Å². The summed E-state index contributed by atoms with van der Waals surface area (Å²) in [6, 6.07) is 2.99. The fourth-order valence-electron chi connectivity index (χ4n) is 5.76. The Morgan fingerprint density at radius 3 is 2.46 bits per heavy atom. The zero-order valence-electron chi connectivity index (χ0n) is 22.6. The van der Waals surface area contributed by atoms with Gasteiger partial charge in [0.1, 0.15) is 22.3 Å². The summed E-state index contributed by atoms with van der Waals surface area (Å²) in [6.45, 7) is 2.78. The second-order valence-corrected chi connectivity index (χ2v) is 11.4. The fraction of sp³-hybridized carbons (Fsp3) is 0.444. The summed E-state index contributed by atoms with van der Waals surface area (Å²) in [6.07, 6.45) is 3.11. The lowest BCUT2D eigenvalue weighted by molar-refractivity contribution is -0.00411. The average molecular weight is 589 g/mol. The van der Waals surface area contributed by atoms with Crippen LogP contribution in [0.4, 0.5) is 13.6 Å². The maximum Gasteiger partial charge on any atom is 0.409 e. The summed E-state index contributed by atoms with van der Waals surface area (Å²) in [7, 11) is 1.31. The van der Waals surface area contributed by atoms with Crippen molar-refractivity contribution in [1.29, 1.82) is 10.8 Å². The van der Waals surface area contributed by atoms with E-state index >= 15 is 0 Å². The lowest BCUT2D eigenvalue weighted by Crippen LogP contribution is -2.73. The molecule has 1 saturated carbocycles. The standard InChI is InChI=1S/C27H30F2N6O5S/c1-3-33-25(38)21-23(37)22(36)18(24(31)41-20(30)12-15-4-5-16(28)13-19(15)29)14-34(21)35(17-6-7-17)27(33)8-10-32(11-9-27)26(39)40-2/h4-5,13-14,17,30-31,37H,3,6-12H2,1-2H3. The van der Waals surface area contributed by atoms with E-state index in [1.54, 1.807) is 9.80 Å². The predicted octanol–water partition coefficient (Wildman–Crippen LogP) is 3.25. The highest BCUT2D eigenvalue weighted by atomic mass is 32.2. The summed E-state index contributed by atoms with van der Waals surface area (Å²) < 4.78 is 33.7. The van der Waals surface area contributed by atoms with Crippen LogP contribution in [0.2, 0.25) is 0 Å². The molecule has 3 aliphatic rings. The van der Waals surface area contributed by atoms with Crippen LogP contribution in [-0.4, -0.2) is 80.1 Å². The predicted molar refractivity (Wildman–Crippen MR) is 148 cm³/mol. The highest BCUT2D eigenvalue weighted by molar-refractivity contribution is 8.26. The first kappa shape index (κ1) is 28.6. The zero-order chi connectivity index (χ0) is 29.6. The molecule has 1 aromatic heterocycles. The molecule has 5 rings (SSSR count). The first-order valence-corrected chi connectivity index (χ1v) is 14.0.